The van der Waals surface area contributed by atoms with Crippen molar-refractivity contribution in [2.75, 3.05) is 13.6 Å². The highest BCUT2D eigenvalue weighted by molar-refractivity contribution is 5.56. The summed E-state index contributed by atoms with van der Waals surface area (Å²) in [5.74, 6) is 0. The molecular weight excluding hydrogens is 100 g/mol. The van der Waals surface area contributed by atoms with Crippen molar-refractivity contribution in [3.8, 4) is 0 Å². The van der Waals surface area contributed by atoms with Crippen LogP contribution in [0.25, 0.3) is 0 Å². The first-order chi connectivity index (χ1) is 3.91. The molecule has 0 amide bonds. The molecule has 0 bridgehead atoms. The zero-order valence-corrected chi connectivity index (χ0v) is 5.43. The third-order valence-electron chi connectivity index (χ3n) is 0.970. The molecule has 0 radical (unpaired) electrons. The van der Waals surface area contributed by atoms with Crippen molar-refractivity contribution in [2.45, 2.75) is 19.3 Å². The van der Waals surface area contributed by atoms with E-state index >= 15 is 0 Å². The van der Waals surface area contributed by atoms with Gasteiger partial charge in [0.15, 0.2) is 0 Å². The summed E-state index contributed by atoms with van der Waals surface area (Å²) in [5.41, 5.74) is 5.27. The summed E-state index contributed by atoms with van der Waals surface area (Å²) in [7, 11) is 1.79. The third-order valence-corrected chi connectivity index (χ3v) is 0.970. The molecule has 0 heterocycles. The average molecular weight is 114 g/mol. The van der Waals surface area contributed by atoms with E-state index in [-0.39, 0.29) is 0 Å². The van der Waals surface area contributed by atoms with Gasteiger partial charge in [-0.15, -0.1) is 0 Å². The van der Waals surface area contributed by atoms with Crippen LogP contribution in [0.1, 0.15) is 19.3 Å². The van der Waals surface area contributed by atoms with Gasteiger partial charge in [-0.1, -0.05) is 0 Å². The van der Waals surface area contributed by atoms with Crippen molar-refractivity contribution < 1.29 is 0 Å². The second-order valence-electron chi connectivity index (χ2n) is 1.73. The van der Waals surface area contributed by atoms with Crippen LogP contribution in [0.5, 0.6) is 0 Å². The van der Waals surface area contributed by atoms with Gasteiger partial charge in [0.25, 0.3) is 0 Å². The van der Waals surface area contributed by atoms with Crippen LogP contribution in [-0.2, 0) is 0 Å². The molecule has 0 aromatic rings. The fraction of sp³-hybridized carbons (Fsp3) is 0.833. The molecule has 8 heavy (non-hydrogen) atoms. The van der Waals surface area contributed by atoms with E-state index in [1.165, 1.54) is 6.42 Å². The Hall–Kier alpha value is -0.370. The first kappa shape index (κ1) is 7.63. The number of hydrogen-bond acceptors (Lipinski definition) is 2. The number of hydrogen-bond donors (Lipinski definition) is 1. The lowest BCUT2D eigenvalue weighted by atomic mass is 10.2. The molecule has 2 heteroatoms. The van der Waals surface area contributed by atoms with Gasteiger partial charge in [0.1, 0.15) is 0 Å². The van der Waals surface area contributed by atoms with Crippen LogP contribution in [-0.4, -0.2) is 19.8 Å². The van der Waals surface area contributed by atoms with Crippen LogP contribution >= 0.6 is 0 Å². The molecule has 2 nitrogen and oxygen atoms in total. The molecule has 0 saturated carbocycles. The zero-order chi connectivity index (χ0) is 6.24. The molecular formula is C6H14N2. The van der Waals surface area contributed by atoms with Crippen molar-refractivity contribution in [1.82, 2.24) is 0 Å². The van der Waals surface area contributed by atoms with Gasteiger partial charge in [0.05, 0.1) is 0 Å². The molecule has 0 aliphatic carbocycles. The van der Waals surface area contributed by atoms with E-state index in [0.717, 1.165) is 19.4 Å². The molecule has 0 rings (SSSR count). The zero-order valence-electron chi connectivity index (χ0n) is 5.43. The first-order valence-corrected chi connectivity index (χ1v) is 3.02. The Labute approximate surface area is 50.8 Å². The predicted molar refractivity (Wildman–Crippen MR) is 37.3 cm³/mol. The lowest BCUT2D eigenvalue weighted by molar-refractivity contribution is 0.777. The largest absolute Gasteiger partial charge is 0.330 e. The van der Waals surface area contributed by atoms with Crippen molar-refractivity contribution in [3.63, 3.8) is 0 Å². The summed E-state index contributed by atoms with van der Waals surface area (Å²) < 4.78 is 0. The molecule has 0 spiro atoms. The molecule has 0 unspecified atom stereocenters. The molecule has 0 aromatic carbocycles. The van der Waals surface area contributed by atoms with Gasteiger partial charge in [0.2, 0.25) is 0 Å². The van der Waals surface area contributed by atoms with E-state index in [9.17, 15) is 0 Å². The second kappa shape index (κ2) is 6.63. The molecule has 0 saturated heterocycles. The Balaban J connectivity index is 2.72. The third kappa shape index (κ3) is 5.63. The van der Waals surface area contributed by atoms with Gasteiger partial charge in [-0.2, -0.15) is 0 Å². The predicted octanol–water partition coefficient (Wildman–Crippen LogP) is 0.816. The highest BCUT2D eigenvalue weighted by atomic mass is 14.6. The highest BCUT2D eigenvalue weighted by Gasteiger charge is 1.79. The minimum absolute atomic E-state index is 0.803. The topological polar surface area (TPSA) is 38.4 Å². The van der Waals surface area contributed by atoms with E-state index in [0.29, 0.717) is 0 Å². The quantitative estimate of drug-likeness (QED) is 0.426. The molecule has 2 N–H and O–H groups in total. The molecule has 0 aliphatic rings. The maximum absolute atomic E-state index is 5.27. The molecule has 48 valence electrons. The van der Waals surface area contributed by atoms with E-state index < -0.39 is 0 Å². The van der Waals surface area contributed by atoms with E-state index in [4.69, 9.17) is 5.73 Å². The van der Waals surface area contributed by atoms with Crippen molar-refractivity contribution in [3.05, 3.63) is 0 Å². The van der Waals surface area contributed by atoms with Crippen LogP contribution in [0.15, 0.2) is 4.99 Å². The Morgan fingerprint density at radius 3 is 2.75 bits per heavy atom. The van der Waals surface area contributed by atoms with Gasteiger partial charge in [-0.3, -0.25) is 0 Å². The summed E-state index contributed by atoms with van der Waals surface area (Å²) in [6, 6.07) is 0. The van der Waals surface area contributed by atoms with Crippen molar-refractivity contribution in [2.24, 2.45) is 10.7 Å². The van der Waals surface area contributed by atoms with Gasteiger partial charge in [0, 0.05) is 7.05 Å². The maximum Gasteiger partial charge on any atom is 0.0273 e. The van der Waals surface area contributed by atoms with Gasteiger partial charge in [-0.05, 0) is 32.0 Å². The minimum Gasteiger partial charge on any atom is -0.330 e. The van der Waals surface area contributed by atoms with Crippen LogP contribution in [0, 0.1) is 0 Å². The lowest BCUT2D eigenvalue weighted by Crippen LogP contribution is -1.97. The summed E-state index contributed by atoms with van der Waals surface area (Å²) in [6.45, 7) is 0.803. The van der Waals surface area contributed by atoms with Crippen LogP contribution in [0.4, 0.5) is 0 Å². The van der Waals surface area contributed by atoms with E-state index in [1.807, 2.05) is 6.21 Å². The number of nitrogens with two attached hydrogens (primary N) is 1. The smallest absolute Gasteiger partial charge is 0.0273 e. The van der Waals surface area contributed by atoms with Crippen LogP contribution in [0.2, 0.25) is 0 Å². The number of aliphatic imine (C=N–C) groups is 1. The number of unbranched alkanes of at least 4 members (excludes halogenated alkanes) is 2. The van der Waals surface area contributed by atoms with Gasteiger partial charge < -0.3 is 10.7 Å². The lowest BCUT2D eigenvalue weighted by Gasteiger charge is -1.88. The number of rotatable bonds is 4. The summed E-state index contributed by atoms with van der Waals surface area (Å²) >= 11 is 0. The standard InChI is InChI=1S/C6H14N2/c1-8-6-4-2-3-5-7/h6H,2-5,7H2,1H3/b8-6-. The Kier molecular flexibility index (Phi) is 6.32. The van der Waals surface area contributed by atoms with Crippen LogP contribution in [0.3, 0.4) is 0 Å². The van der Waals surface area contributed by atoms with Crippen molar-refractivity contribution >= 4 is 6.21 Å². The number of nitrogens with zero attached hydrogens (tertiary/aromatic N) is 1. The fourth-order valence-electron chi connectivity index (χ4n) is 0.509. The molecule has 0 aliphatic heterocycles. The highest BCUT2D eigenvalue weighted by Crippen LogP contribution is 1.88. The molecule has 0 aromatic heterocycles. The second-order valence-corrected chi connectivity index (χ2v) is 1.73. The van der Waals surface area contributed by atoms with E-state index in [1.54, 1.807) is 7.05 Å². The minimum atomic E-state index is 0.803. The Bertz CT molecular complexity index is 59.5. The van der Waals surface area contributed by atoms with Gasteiger partial charge >= 0.3 is 0 Å². The Morgan fingerprint density at radius 1 is 1.50 bits per heavy atom. The first-order valence-electron chi connectivity index (χ1n) is 3.02. The Morgan fingerprint density at radius 2 is 2.25 bits per heavy atom. The average Bonchev–Trinajstić information content (AvgIpc) is 1.81. The van der Waals surface area contributed by atoms with Crippen molar-refractivity contribution in [1.29, 1.82) is 0 Å². The summed E-state index contributed by atoms with van der Waals surface area (Å²) in [4.78, 5) is 3.84. The summed E-state index contributed by atoms with van der Waals surface area (Å²) in [5, 5.41) is 0. The van der Waals surface area contributed by atoms with E-state index in [2.05, 4.69) is 4.99 Å². The normalized spacial score (nSPS) is 10.8. The maximum atomic E-state index is 5.27. The van der Waals surface area contributed by atoms with Crippen LogP contribution < -0.4 is 5.73 Å². The fourth-order valence-corrected chi connectivity index (χ4v) is 0.509. The monoisotopic (exact) mass is 114 g/mol. The molecule has 0 atom stereocenters. The van der Waals surface area contributed by atoms with Gasteiger partial charge in [-0.25, -0.2) is 0 Å². The molecule has 0 fully saturated rings. The SMILES string of the molecule is C/N=C\CCCCN. The summed E-state index contributed by atoms with van der Waals surface area (Å²) in [6.07, 6.45) is 5.29.